The van der Waals surface area contributed by atoms with Crippen molar-refractivity contribution in [3.8, 4) is 16.9 Å². The SMILES string of the molecule is Cc1ccccc1CCN1C(=O)C(=CNc2cccc(-c3cccc(C(=O)O)c3)c2O)c2ccc(C(F)(F)F)cc21. The maximum atomic E-state index is 13.6. The number of anilines is 2. The van der Waals surface area contributed by atoms with Crippen molar-refractivity contribution in [2.45, 2.75) is 19.5 Å². The number of phenolic OH excluding ortho intramolecular Hbond substituents is 1. The van der Waals surface area contributed by atoms with E-state index in [4.69, 9.17) is 0 Å². The third kappa shape index (κ3) is 5.51. The van der Waals surface area contributed by atoms with Crippen LogP contribution < -0.4 is 10.2 Å². The van der Waals surface area contributed by atoms with Crippen LogP contribution in [0.15, 0.2) is 91.1 Å². The van der Waals surface area contributed by atoms with Crippen LogP contribution in [0.2, 0.25) is 0 Å². The molecular formula is C32H25F3N2O4. The summed E-state index contributed by atoms with van der Waals surface area (Å²) >= 11 is 0. The molecule has 0 unspecified atom stereocenters. The van der Waals surface area contributed by atoms with Gasteiger partial charge in [0.2, 0.25) is 0 Å². The lowest BCUT2D eigenvalue weighted by Crippen LogP contribution is -2.29. The Morgan fingerprint density at radius 1 is 0.951 bits per heavy atom. The van der Waals surface area contributed by atoms with Crippen LogP contribution in [0.5, 0.6) is 5.75 Å². The van der Waals surface area contributed by atoms with Gasteiger partial charge >= 0.3 is 12.1 Å². The van der Waals surface area contributed by atoms with Gasteiger partial charge in [-0.25, -0.2) is 4.79 Å². The van der Waals surface area contributed by atoms with Crippen LogP contribution >= 0.6 is 0 Å². The molecule has 1 aliphatic rings. The molecule has 0 saturated carbocycles. The second-order valence-corrected chi connectivity index (χ2v) is 9.65. The molecule has 1 amide bonds. The van der Waals surface area contributed by atoms with Gasteiger partial charge in [-0.3, -0.25) is 4.79 Å². The van der Waals surface area contributed by atoms with Crippen LogP contribution in [0.25, 0.3) is 16.7 Å². The first kappa shape index (κ1) is 27.5. The van der Waals surface area contributed by atoms with E-state index in [1.807, 2.05) is 31.2 Å². The first-order valence-corrected chi connectivity index (χ1v) is 12.7. The van der Waals surface area contributed by atoms with E-state index in [0.717, 1.165) is 23.3 Å². The minimum atomic E-state index is -4.57. The summed E-state index contributed by atoms with van der Waals surface area (Å²) in [5, 5.41) is 23.2. The lowest BCUT2D eigenvalue weighted by atomic mass is 10.0. The number of fused-ring (bicyclic) bond motifs is 1. The summed E-state index contributed by atoms with van der Waals surface area (Å²) in [6, 6.07) is 21.8. The number of aromatic hydroxyl groups is 1. The van der Waals surface area contributed by atoms with Crippen LogP contribution in [0.1, 0.15) is 32.6 Å². The molecule has 0 aliphatic carbocycles. The van der Waals surface area contributed by atoms with Gasteiger partial charge in [0.25, 0.3) is 5.91 Å². The molecule has 1 heterocycles. The van der Waals surface area contributed by atoms with Crippen molar-refractivity contribution in [2.75, 3.05) is 16.8 Å². The molecule has 3 N–H and O–H groups in total. The summed E-state index contributed by atoms with van der Waals surface area (Å²) in [6.45, 7) is 2.11. The number of phenols is 1. The normalized spacial score (nSPS) is 13.9. The molecule has 0 spiro atoms. The van der Waals surface area contributed by atoms with Crippen molar-refractivity contribution in [1.29, 1.82) is 0 Å². The van der Waals surface area contributed by atoms with Crippen molar-refractivity contribution in [3.63, 3.8) is 0 Å². The lowest BCUT2D eigenvalue weighted by Gasteiger charge is -2.19. The molecule has 41 heavy (non-hydrogen) atoms. The highest BCUT2D eigenvalue weighted by atomic mass is 19.4. The van der Waals surface area contributed by atoms with Gasteiger partial charge in [0.1, 0.15) is 5.75 Å². The van der Waals surface area contributed by atoms with Gasteiger partial charge in [-0.05, 0) is 60.4 Å². The molecule has 0 atom stereocenters. The summed E-state index contributed by atoms with van der Waals surface area (Å²) < 4.78 is 40.7. The summed E-state index contributed by atoms with van der Waals surface area (Å²) in [5.74, 6) is -1.75. The minimum Gasteiger partial charge on any atom is -0.505 e. The highest BCUT2D eigenvalue weighted by Gasteiger charge is 2.37. The number of aromatic carboxylic acids is 1. The number of hydrogen-bond acceptors (Lipinski definition) is 4. The second kappa shape index (κ2) is 10.8. The monoisotopic (exact) mass is 558 g/mol. The fourth-order valence-electron chi connectivity index (χ4n) is 4.88. The molecular weight excluding hydrogens is 533 g/mol. The van der Waals surface area contributed by atoms with E-state index in [2.05, 4.69) is 5.32 Å². The molecule has 208 valence electrons. The number of benzene rings is 4. The van der Waals surface area contributed by atoms with Crippen molar-refractivity contribution in [1.82, 2.24) is 0 Å². The topological polar surface area (TPSA) is 89.9 Å². The van der Waals surface area contributed by atoms with Crippen molar-refractivity contribution in [3.05, 3.63) is 119 Å². The van der Waals surface area contributed by atoms with Crippen LogP contribution in [0.3, 0.4) is 0 Å². The Hall–Kier alpha value is -5.05. The van der Waals surface area contributed by atoms with Gasteiger partial charge in [-0.2, -0.15) is 13.2 Å². The summed E-state index contributed by atoms with van der Waals surface area (Å²) in [7, 11) is 0. The Balaban J connectivity index is 1.48. The minimum absolute atomic E-state index is 0.0551. The molecule has 0 fully saturated rings. The Morgan fingerprint density at radius 2 is 1.71 bits per heavy atom. The highest BCUT2D eigenvalue weighted by Crippen LogP contribution is 2.42. The van der Waals surface area contributed by atoms with Gasteiger partial charge in [-0.1, -0.05) is 54.6 Å². The average Bonchev–Trinajstić information content (AvgIpc) is 3.21. The zero-order chi connectivity index (χ0) is 29.3. The van der Waals surface area contributed by atoms with Crippen molar-refractivity contribution < 1.29 is 33.0 Å². The predicted octanol–water partition coefficient (Wildman–Crippen LogP) is 7.13. The molecule has 0 radical (unpaired) electrons. The number of alkyl halides is 3. The van der Waals surface area contributed by atoms with E-state index in [1.165, 1.54) is 29.3 Å². The number of rotatable bonds is 7. The Morgan fingerprint density at radius 3 is 2.44 bits per heavy atom. The number of carboxylic acids is 1. The number of aryl methyl sites for hydroxylation is 1. The number of nitrogens with one attached hydrogen (secondary N) is 1. The predicted molar refractivity (Wildman–Crippen MR) is 151 cm³/mol. The van der Waals surface area contributed by atoms with E-state index < -0.39 is 23.6 Å². The third-order valence-corrected chi connectivity index (χ3v) is 7.08. The number of carbonyl (C=O) groups is 2. The Bertz CT molecular complexity index is 1690. The van der Waals surface area contributed by atoms with Crippen LogP contribution in [-0.4, -0.2) is 28.6 Å². The molecule has 0 aromatic heterocycles. The molecule has 6 nitrogen and oxygen atoms in total. The van der Waals surface area contributed by atoms with E-state index in [-0.39, 0.29) is 34.8 Å². The Labute approximate surface area is 234 Å². The highest BCUT2D eigenvalue weighted by molar-refractivity contribution is 6.32. The summed E-state index contributed by atoms with van der Waals surface area (Å²) in [4.78, 5) is 26.3. The molecule has 0 bridgehead atoms. The average molecular weight is 559 g/mol. The number of hydrogen-bond donors (Lipinski definition) is 3. The maximum absolute atomic E-state index is 13.6. The number of para-hydroxylation sites is 1. The fourth-order valence-corrected chi connectivity index (χ4v) is 4.88. The van der Waals surface area contributed by atoms with E-state index in [9.17, 15) is 33.0 Å². The zero-order valence-electron chi connectivity index (χ0n) is 21.9. The van der Waals surface area contributed by atoms with Crippen molar-refractivity contribution in [2.24, 2.45) is 0 Å². The Kier molecular flexibility index (Phi) is 7.28. The number of halogens is 3. The first-order valence-electron chi connectivity index (χ1n) is 12.7. The standard InChI is InChI=1S/C32H25F3N2O4/c1-19-6-2-3-7-20(19)14-15-37-28-17-23(32(33,34)35)12-13-25(28)26(30(37)39)18-36-27-11-5-10-24(29(27)38)21-8-4-9-22(16-21)31(40)41/h2-13,16-18,36,38H,14-15H2,1H3,(H,40,41). The van der Waals surface area contributed by atoms with Crippen LogP contribution in [0, 0.1) is 6.92 Å². The van der Waals surface area contributed by atoms with Gasteiger partial charge in [0.15, 0.2) is 0 Å². The molecule has 0 saturated heterocycles. The largest absolute Gasteiger partial charge is 0.505 e. The number of carbonyl (C=O) groups excluding carboxylic acids is 1. The second-order valence-electron chi connectivity index (χ2n) is 9.65. The van der Waals surface area contributed by atoms with Crippen LogP contribution in [0.4, 0.5) is 24.5 Å². The summed E-state index contributed by atoms with van der Waals surface area (Å²) in [5.41, 5.74) is 2.93. The smallest absolute Gasteiger partial charge is 0.416 e. The summed E-state index contributed by atoms with van der Waals surface area (Å²) in [6.07, 6.45) is -2.75. The number of nitrogens with zero attached hydrogens (tertiary/aromatic N) is 1. The maximum Gasteiger partial charge on any atom is 0.416 e. The molecule has 4 aromatic rings. The van der Waals surface area contributed by atoms with E-state index in [0.29, 0.717) is 23.1 Å². The molecule has 5 rings (SSSR count). The van der Waals surface area contributed by atoms with Gasteiger partial charge < -0.3 is 20.4 Å². The lowest BCUT2D eigenvalue weighted by molar-refractivity contribution is -0.137. The number of amides is 1. The molecule has 9 heteroatoms. The third-order valence-electron chi connectivity index (χ3n) is 7.08. The zero-order valence-corrected chi connectivity index (χ0v) is 21.9. The van der Waals surface area contributed by atoms with Crippen LogP contribution in [-0.2, 0) is 17.4 Å². The van der Waals surface area contributed by atoms with E-state index >= 15 is 0 Å². The first-order chi connectivity index (χ1) is 19.5. The van der Waals surface area contributed by atoms with Crippen molar-refractivity contribution >= 4 is 28.8 Å². The van der Waals surface area contributed by atoms with E-state index in [1.54, 1.807) is 30.3 Å². The van der Waals surface area contributed by atoms with Gasteiger partial charge in [0, 0.05) is 23.9 Å². The molecule has 4 aromatic carbocycles. The quantitative estimate of drug-likeness (QED) is 0.166. The number of carboxylic acid groups (broad SMARTS) is 1. The fraction of sp³-hybridized carbons (Fsp3) is 0.125. The van der Waals surface area contributed by atoms with Gasteiger partial charge in [-0.15, -0.1) is 0 Å². The van der Waals surface area contributed by atoms with Gasteiger partial charge in [0.05, 0.1) is 28.1 Å². The molecule has 1 aliphatic heterocycles.